The maximum absolute atomic E-state index is 5.28. The Hall–Kier alpha value is -0.540. The minimum absolute atomic E-state index is 0.575. The van der Waals surface area contributed by atoms with Gasteiger partial charge in [-0.05, 0) is 42.9 Å². The Morgan fingerprint density at radius 2 is 0.833 bits per heavy atom. The van der Waals surface area contributed by atoms with Gasteiger partial charge in [-0.3, -0.25) is 0 Å². The Balaban J connectivity index is 2.18. The average molecular weight is 618 g/mol. The molecule has 1 aromatic rings. The van der Waals surface area contributed by atoms with Crippen LogP contribution in [0.25, 0.3) is 0 Å². The molecule has 0 heterocycles. The zero-order valence-corrected chi connectivity index (χ0v) is 30.0. The molecule has 0 saturated heterocycles. The molecule has 0 unspecified atom stereocenters. The molecule has 0 bridgehead atoms. The lowest BCUT2D eigenvalue weighted by Gasteiger charge is -2.16. The maximum atomic E-state index is 5.28. The van der Waals surface area contributed by atoms with Crippen molar-refractivity contribution in [2.45, 2.75) is 206 Å². The summed E-state index contributed by atoms with van der Waals surface area (Å²) in [7, 11) is 0. The Bertz CT molecular complexity index is 731. The molecule has 0 amide bonds. The van der Waals surface area contributed by atoms with E-state index in [0.29, 0.717) is 4.32 Å². The SMILES string of the molecule is CCCCCCCCCCCCCCCCc1cccc(NC(=S)S)c1CCCCCCCCCCCCCCCC. The lowest BCUT2D eigenvalue weighted by Crippen LogP contribution is -2.07. The highest BCUT2D eigenvalue weighted by atomic mass is 32.1. The van der Waals surface area contributed by atoms with E-state index in [1.165, 1.54) is 203 Å². The zero-order chi connectivity index (χ0) is 30.4. The number of rotatable bonds is 31. The molecule has 1 nitrogen and oxygen atoms in total. The number of benzene rings is 1. The molecule has 244 valence electrons. The summed E-state index contributed by atoms with van der Waals surface area (Å²) >= 11 is 9.65. The van der Waals surface area contributed by atoms with E-state index >= 15 is 0 Å². The van der Waals surface area contributed by atoms with Crippen molar-refractivity contribution in [3.63, 3.8) is 0 Å². The van der Waals surface area contributed by atoms with Crippen molar-refractivity contribution in [2.75, 3.05) is 5.32 Å². The Kier molecular flexibility index (Phi) is 28.7. The maximum Gasteiger partial charge on any atom is 0.135 e. The molecule has 0 aliphatic heterocycles. The first-order chi connectivity index (χ1) is 20.7. The monoisotopic (exact) mass is 618 g/mol. The van der Waals surface area contributed by atoms with Crippen LogP contribution < -0.4 is 5.32 Å². The summed E-state index contributed by atoms with van der Waals surface area (Å²) in [6, 6.07) is 6.74. The van der Waals surface area contributed by atoms with Crippen LogP contribution in [0, 0.1) is 0 Å². The van der Waals surface area contributed by atoms with Crippen molar-refractivity contribution in [3.05, 3.63) is 29.3 Å². The van der Waals surface area contributed by atoms with Gasteiger partial charge in [-0.25, -0.2) is 0 Å². The largest absolute Gasteiger partial charge is 0.341 e. The van der Waals surface area contributed by atoms with Gasteiger partial charge in [0.05, 0.1) is 0 Å². The zero-order valence-electron chi connectivity index (χ0n) is 28.3. The fourth-order valence-corrected chi connectivity index (χ4v) is 6.63. The topological polar surface area (TPSA) is 12.0 Å². The van der Waals surface area contributed by atoms with Crippen LogP contribution in [-0.4, -0.2) is 4.32 Å². The smallest absolute Gasteiger partial charge is 0.135 e. The van der Waals surface area contributed by atoms with Crippen LogP contribution in [0.2, 0.25) is 0 Å². The van der Waals surface area contributed by atoms with Gasteiger partial charge in [-0.1, -0.05) is 205 Å². The Labute approximate surface area is 275 Å². The van der Waals surface area contributed by atoms with Gasteiger partial charge in [0, 0.05) is 5.69 Å². The molecule has 0 saturated carbocycles. The third kappa shape index (κ3) is 23.9. The summed E-state index contributed by atoms with van der Waals surface area (Å²) in [5.74, 6) is 0. The van der Waals surface area contributed by atoms with Crippen LogP contribution in [0.15, 0.2) is 18.2 Å². The minimum atomic E-state index is 0.575. The highest BCUT2D eigenvalue weighted by molar-refractivity contribution is 8.11. The van der Waals surface area contributed by atoms with Crippen molar-refractivity contribution in [1.29, 1.82) is 0 Å². The number of hydrogen-bond acceptors (Lipinski definition) is 1. The Morgan fingerprint density at radius 3 is 1.19 bits per heavy atom. The van der Waals surface area contributed by atoms with Crippen LogP contribution in [0.5, 0.6) is 0 Å². The number of thiocarbonyl (C=S) groups is 1. The quantitative estimate of drug-likeness (QED) is 0.0488. The fourth-order valence-electron chi connectivity index (χ4n) is 6.40. The van der Waals surface area contributed by atoms with Crippen molar-refractivity contribution < 1.29 is 0 Å². The second-order valence-electron chi connectivity index (χ2n) is 13.1. The normalized spacial score (nSPS) is 11.3. The van der Waals surface area contributed by atoms with Gasteiger partial charge in [0.25, 0.3) is 0 Å². The van der Waals surface area contributed by atoms with Crippen molar-refractivity contribution >= 4 is 34.9 Å². The van der Waals surface area contributed by atoms with Crippen LogP contribution in [0.1, 0.15) is 205 Å². The second-order valence-corrected chi connectivity index (χ2v) is 14.2. The molecule has 1 aromatic carbocycles. The first-order valence-electron chi connectivity index (χ1n) is 18.8. The molecular weight excluding hydrogens is 547 g/mol. The predicted molar refractivity (Wildman–Crippen MR) is 200 cm³/mol. The van der Waals surface area contributed by atoms with Crippen molar-refractivity contribution in [2.24, 2.45) is 0 Å². The molecule has 42 heavy (non-hydrogen) atoms. The van der Waals surface area contributed by atoms with Crippen LogP contribution in [0.4, 0.5) is 5.69 Å². The van der Waals surface area contributed by atoms with Crippen LogP contribution in [0.3, 0.4) is 0 Å². The first kappa shape index (κ1) is 39.5. The third-order valence-electron chi connectivity index (χ3n) is 9.09. The number of nitrogens with one attached hydrogen (secondary N) is 1. The van der Waals surface area contributed by atoms with Gasteiger partial charge in [0.15, 0.2) is 0 Å². The van der Waals surface area contributed by atoms with Gasteiger partial charge < -0.3 is 5.32 Å². The standard InChI is InChI=1S/C39H71NS2/c1-3-5-7-9-11-13-15-17-19-21-23-25-27-29-32-36-33-31-35-38(40-39(41)42)37(36)34-30-28-26-24-22-20-18-16-14-12-10-8-6-4-2/h31,33,35H,3-30,32,34H2,1-2H3,(H2,40,41,42). The van der Waals surface area contributed by atoms with E-state index in [9.17, 15) is 0 Å². The van der Waals surface area contributed by atoms with Gasteiger partial charge in [0.1, 0.15) is 4.32 Å². The highest BCUT2D eigenvalue weighted by Gasteiger charge is 2.09. The summed E-state index contributed by atoms with van der Waals surface area (Å²) in [6.07, 6.45) is 41.9. The highest BCUT2D eigenvalue weighted by Crippen LogP contribution is 2.26. The number of hydrogen-bond donors (Lipinski definition) is 2. The molecule has 0 atom stereocenters. The number of unbranched alkanes of at least 4 members (excludes halogenated alkanes) is 26. The molecule has 0 aromatic heterocycles. The lowest BCUT2D eigenvalue weighted by molar-refractivity contribution is 0.534. The molecule has 1 rings (SSSR count). The van der Waals surface area contributed by atoms with Crippen molar-refractivity contribution in [1.82, 2.24) is 0 Å². The summed E-state index contributed by atoms with van der Waals surface area (Å²) in [5.41, 5.74) is 4.20. The summed E-state index contributed by atoms with van der Waals surface area (Å²) < 4.78 is 0.575. The fraction of sp³-hybridized carbons (Fsp3) is 0.821. The van der Waals surface area contributed by atoms with Gasteiger partial charge >= 0.3 is 0 Å². The molecule has 3 heteroatoms. The van der Waals surface area contributed by atoms with E-state index in [1.807, 2.05) is 0 Å². The Morgan fingerprint density at radius 1 is 0.500 bits per heavy atom. The van der Waals surface area contributed by atoms with E-state index < -0.39 is 0 Å². The van der Waals surface area contributed by atoms with Gasteiger partial charge in [0.2, 0.25) is 0 Å². The molecular formula is C39H71NS2. The van der Waals surface area contributed by atoms with Crippen LogP contribution >= 0.6 is 24.8 Å². The summed E-state index contributed by atoms with van der Waals surface area (Å²) in [6.45, 7) is 4.60. The average Bonchev–Trinajstić information content (AvgIpc) is 2.98. The molecule has 1 N–H and O–H groups in total. The van der Waals surface area contributed by atoms with E-state index in [0.717, 1.165) is 6.42 Å². The van der Waals surface area contributed by atoms with E-state index in [1.54, 1.807) is 0 Å². The molecule has 0 spiro atoms. The van der Waals surface area contributed by atoms with E-state index in [-0.39, 0.29) is 0 Å². The lowest BCUT2D eigenvalue weighted by atomic mass is 9.94. The van der Waals surface area contributed by atoms with Gasteiger partial charge in [-0.2, -0.15) is 0 Å². The second kappa shape index (κ2) is 30.5. The summed E-state index contributed by atoms with van der Waals surface area (Å²) in [4.78, 5) is 0. The molecule has 0 fully saturated rings. The molecule has 0 aliphatic carbocycles. The van der Waals surface area contributed by atoms with Crippen molar-refractivity contribution in [3.8, 4) is 0 Å². The predicted octanol–water partition coefficient (Wildman–Crippen LogP) is 14.4. The summed E-state index contributed by atoms with van der Waals surface area (Å²) in [5, 5.41) is 3.36. The molecule has 0 radical (unpaired) electrons. The number of thiol groups is 1. The van der Waals surface area contributed by atoms with E-state index in [4.69, 9.17) is 12.2 Å². The number of aryl methyl sites for hydroxylation is 1. The van der Waals surface area contributed by atoms with Crippen LogP contribution in [-0.2, 0) is 12.8 Å². The third-order valence-corrected chi connectivity index (χ3v) is 9.31. The van der Waals surface area contributed by atoms with Gasteiger partial charge in [-0.15, -0.1) is 12.6 Å². The number of anilines is 1. The molecule has 0 aliphatic rings. The first-order valence-corrected chi connectivity index (χ1v) is 19.6. The minimum Gasteiger partial charge on any atom is -0.341 e. The van der Waals surface area contributed by atoms with E-state index in [2.05, 4.69) is 50.0 Å².